The highest BCUT2D eigenvalue weighted by Crippen LogP contribution is 2.36. The van der Waals surface area contributed by atoms with Gasteiger partial charge in [-0.15, -0.1) is 0 Å². The van der Waals surface area contributed by atoms with Crippen molar-refractivity contribution >= 4 is 23.2 Å². The van der Waals surface area contributed by atoms with Crippen molar-refractivity contribution < 1.29 is 14.3 Å². The zero-order chi connectivity index (χ0) is 21.4. The van der Waals surface area contributed by atoms with Crippen LogP contribution in [0.3, 0.4) is 0 Å². The molecule has 154 valence electrons. The molecule has 5 rings (SSSR count). The van der Waals surface area contributed by atoms with Gasteiger partial charge in [0.2, 0.25) is 6.17 Å². The minimum atomic E-state index is -1.02. The Hall–Kier alpha value is -3.93. The van der Waals surface area contributed by atoms with Crippen molar-refractivity contribution in [3.63, 3.8) is 0 Å². The van der Waals surface area contributed by atoms with Crippen LogP contribution in [0.25, 0.3) is 0 Å². The van der Waals surface area contributed by atoms with Crippen LogP contribution in [0.1, 0.15) is 27.0 Å². The predicted molar refractivity (Wildman–Crippen MR) is 119 cm³/mol. The molecular weight excluding hydrogens is 390 g/mol. The average Bonchev–Trinajstić information content (AvgIpc) is 3.21. The summed E-state index contributed by atoms with van der Waals surface area (Å²) in [6.45, 7) is 0.578. The quantitative estimate of drug-likeness (QED) is 0.717. The fourth-order valence-corrected chi connectivity index (χ4v) is 4.16. The Morgan fingerprint density at radius 1 is 1.06 bits per heavy atom. The smallest absolute Gasteiger partial charge is 0.272 e. The van der Waals surface area contributed by atoms with Crippen LogP contribution >= 0.6 is 0 Å². The Balaban J connectivity index is 1.58. The number of carbonyl (C=O) groups is 2. The summed E-state index contributed by atoms with van der Waals surface area (Å²) in [5.41, 5.74) is 4.94. The van der Waals surface area contributed by atoms with Crippen molar-refractivity contribution in [3.05, 3.63) is 95.1 Å². The molecule has 2 heterocycles. The molecular formula is C25H21N3O3. The summed E-state index contributed by atoms with van der Waals surface area (Å²) in [5.74, 6) is -0.0305. The number of carbonyl (C=O) groups excluding carboxylic acids is 2. The number of methoxy groups -OCH3 is 1. The minimum absolute atomic E-state index is 0.228. The van der Waals surface area contributed by atoms with Crippen LogP contribution in [0.2, 0.25) is 0 Å². The van der Waals surface area contributed by atoms with Gasteiger partial charge in [-0.25, -0.2) is 4.99 Å². The fraction of sp³-hybridized carbons (Fsp3) is 0.160. The first-order chi connectivity index (χ1) is 15.2. The molecule has 0 aromatic heterocycles. The molecule has 6 nitrogen and oxygen atoms in total. The summed E-state index contributed by atoms with van der Waals surface area (Å²) >= 11 is 0. The maximum atomic E-state index is 13.4. The van der Waals surface area contributed by atoms with Gasteiger partial charge in [-0.2, -0.15) is 0 Å². The van der Waals surface area contributed by atoms with E-state index in [0.717, 1.165) is 28.8 Å². The molecule has 0 saturated heterocycles. The van der Waals surface area contributed by atoms with Crippen LogP contribution in [0.5, 0.6) is 5.75 Å². The summed E-state index contributed by atoms with van der Waals surface area (Å²) in [6, 6.07) is 22.6. The number of nitrogens with one attached hydrogen (secondary N) is 1. The van der Waals surface area contributed by atoms with Crippen LogP contribution in [-0.2, 0) is 11.2 Å². The number of benzene rings is 3. The van der Waals surface area contributed by atoms with E-state index in [4.69, 9.17) is 9.73 Å². The second-order valence-corrected chi connectivity index (χ2v) is 7.50. The van der Waals surface area contributed by atoms with E-state index in [1.54, 1.807) is 36.3 Å². The Morgan fingerprint density at radius 3 is 2.68 bits per heavy atom. The predicted octanol–water partition coefficient (Wildman–Crippen LogP) is 3.19. The third kappa shape index (κ3) is 3.36. The van der Waals surface area contributed by atoms with E-state index in [1.807, 2.05) is 48.5 Å². The van der Waals surface area contributed by atoms with Gasteiger partial charge in [0.25, 0.3) is 11.8 Å². The van der Waals surface area contributed by atoms with Crippen LogP contribution in [0.15, 0.2) is 77.8 Å². The first-order valence-corrected chi connectivity index (χ1v) is 10.2. The Morgan fingerprint density at radius 2 is 1.87 bits per heavy atom. The third-order valence-electron chi connectivity index (χ3n) is 5.65. The molecule has 2 aliphatic rings. The second kappa shape index (κ2) is 7.72. The first kappa shape index (κ1) is 19.1. The van der Waals surface area contributed by atoms with Crippen molar-refractivity contribution in [2.45, 2.75) is 12.6 Å². The summed E-state index contributed by atoms with van der Waals surface area (Å²) in [4.78, 5) is 32.9. The van der Waals surface area contributed by atoms with Crippen LogP contribution in [0, 0.1) is 0 Å². The zero-order valence-electron chi connectivity index (χ0n) is 17.0. The van der Waals surface area contributed by atoms with Gasteiger partial charge >= 0.3 is 0 Å². The van der Waals surface area contributed by atoms with E-state index in [0.29, 0.717) is 23.6 Å². The van der Waals surface area contributed by atoms with E-state index in [-0.39, 0.29) is 11.8 Å². The van der Waals surface area contributed by atoms with E-state index in [1.165, 1.54) is 0 Å². The fourth-order valence-electron chi connectivity index (χ4n) is 4.16. The number of nitrogens with zero attached hydrogens (tertiary/aromatic N) is 2. The van der Waals surface area contributed by atoms with E-state index < -0.39 is 6.17 Å². The molecule has 2 aliphatic heterocycles. The monoisotopic (exact) mass is 411 g/mol. The highest BCUT2D eigenvalue weighted by Gasteiger charge is 2.37. The number of hydrogen-bond donors (Lipinski definition) is 1. The van der Waals surface area contributed by atoms with Gasteiger partial charge in [0.15, 0.2) is 0 Å². The number of ether oxygens (including phenoxy) is 1. The molecule has 3 aromatic rings. The van der Waals surface area contributed by atoms with Gasteiger partial charge in [-0.1, -0.05) is 54.6 Å². The summed E-state index contributed by atoms with van der Waals surface area (Å²) in [7, 11) is 1.55. The van der Waals surface area contributed by atoms with Gasteiger partial charge in [0.05, 0.1) is 18.5 Å². The highest BCUT2D eigenvalue weighted by atomic mass is 16.5. The van der Waals surface area contributed by atoms with Gasteiger partial charge < -0.3 is 15.0 Å². The molecule has 0 aliphatic carbocycles. The lowest BCUT2D eigenvalue weighted by molar-refractivity contribution is -0.120. The Kier molecular flexibility index (Phi) is 4.75. The highest BCUT2D eigenvalue weighted by molar-refractivity contribution is 6.21. The third-order valence-corrected chi connectivity index (χ3v) is 5.65. The molecule has 0 fully saturated rings. The van der Waals surface area contributed by atoms with E-state index in [9.17, 15) is 9.59 Å². The molecule has 0 bridgehead atoms. The largest absolute Gasteiger partial charge is 0.497 e. The standard InChI is InChI=1S/C25H21N3O3/c1-31-19-11-5-10-18(15-19)24(29)27-23-25(30)28-14-13-17-9-6-12-20(22(17)28)21(26-23)16-7-3-2-4-8-16/h2-12,15,23H,13-14H2,1H3,(H,27,29)/t23-/m0/s1. The molecule has 1 N–H and O–H groups in total. The zero-order valence-corrected chi connectivity index (χ0v) is 17.0. The number of amides is 2. The number of rotatable bonds is 4. The summed E-state index contributed by atoms with van der Waals surface area (Å²) in [5, 5.41) is 2.83. The lowest BCUT2D eigenvalue weighted by Crippen LogP contribution is -2.46. The normalized spacial score (nSPS) is 16.9. The molecule has 0 unspecified atom stereocenters. The van der Waals surface area contributed by atoms with Crippen molar-refractivity contribution in [2.24, 2.45) is 4.99 Å². The molecule has 1 atom stereocenters. The molecule has 0 saturated carbocycles. The Labute approximate surface area is 180 Å². The van der Waals surface area contributed by atoms with Crippen molar-refractivity contribution in [1.29, 1.82) is 0 Å². The number of aliphatic imine (C=N–C) groups is 1. The van der Waals surface area contributed by atoms with E-state index >= 15 is 0 Å². The minimum Gasteiger partial charge on any atom is -0.497 e. The molecule has 0 radical (unpaired) electrons. The molecule has 3 aromatic carbocycles. The number of anilines is 1. The van der Waals surface area contributed by atoms with Gasteiger partial charge in [-0.3, -0.25) is 9.59 Å². The lowest BCUT2D eigenvalue weighted by Gasteiger charge is -2.21. The Bertz CT molecular complexity index is 1200. The number of hydrogen-bond acceptors (Lipinski definition) is 4. The molecule has 31 heavy (non-hydrogen) atoms. The lowest BCUT2D eigenvalue weighted by atomic mass is 9.98. The van der Waals surface area contributed by atoms with Gasteiger partial charge in [-0.05, 0) is 30.2 Å². The first-order valence-electron chi connectivity index (χ1n) is 10.2. The molecule has 2 amide bonds. The summed E-state index contributed by atoms with van der Waals surface area (Å²) in [6.07, 6.45) is -0.236. The number of para-hydroxylation sites is 1. The van der Waals surface area contributed by atoms with Gasteiger partial charge in [0, 0.05) is 23.2 Å². The van der Waals surface area contributed by atoms with Gasteiger partial charge in [0.1, 0.15) is 5.75 Å². The SMILES string of the molecule is COc1cccc(C(=O)N[C@@H]2N=C(c3ccccc3)c3cccc4c3N(CC4)C2=O)c1. The van der Waals surface area contributed by atoms with Crippen molar-refractivity contribution in [2.75, 3.05) is 18.6 Å². The van der Waals surface area contributed by atoms with E-state index in [2.05, 4.69) is 5.32 Å². The van der Waals surface area contributed by atoms with Crippen molar-refractivity contribution in [1.82, 2.24) is 5.32 Å². The van der Waals surface area contributed by atoms with Crippen LogP contribution in [-0.4, -0.2) is 37.3 Å². The summed E-state index contributed by atoms with van der Waals surface area (Å²) < 4.78 is 5.21. The van der Waals surface area contributed by atoms with Crippen LogP contribution in [0.4, 0.5) is 5.69 Å². The van der Waals surface area contributed by atoms with Crippen molar-refractivity contribution in [3.8, 4) is 5.75 Å². The topological polar surface area (TPSA) is 71.0 Å². The average molecular weight is 411 g/mol. The maximum Gasteiger partial charge on any atom is 0.272 e. The maximum absolute atomic E-state index is 13.4. The van der Waals surface area contributed by atoms with Crippen LogP contribution < -0.4 is 15.0 Å². The molecule has 6 heteroatoms. The molecule has 0 spiro atoms. The second-order valence-electron chi connectivity index (χ2n) is 7.50.